The molecule has 2 aliphatic heterocycles. The predicted molar refractivity (Wildman–Crippen MR) is 81.8 cm³/mol. The molecule has 1 aromatic rings. The van der Waals surface area contributed by atoms with Gasteiger partial charge in [0.2, 0.25) is 6.79 Å². The van der Waals surface area contributed by atoms with Crippen LogP contribution in [0.15, 0.2) is 12.1 Å². The van der Waals surface area contributed by atoms with Gasteiger partial charge in [-0.15, -0.1) is 0 Å². The number of morpholine rings is 1. The molecule has 22 heavy (non-hydrogen) atoms. The Labute approximate surface area is 134 Å². The van der Waals surface area contributed by atoms with Crippen molar-refractivity contribution < 1.29 is 19.0 Å². The molecule has 7 heteroatoms. The Morgan fingerprint density at radius 1 is 1.36 bits per heavy atom. The van der Waals surface area contributed by atoms with Crippen molar-refractivity contribution in [3.63, 3.8) is 0 Å². The molecule has 0 saturated carbocycles. The van der Waals surface area contributed by atoms with E-state index in [2.05, 4.69) is 10.2 Å². The molecule has 2 heterocycles. The van der Waals surface area contributed by atoms with Crippen LogP contribution >= 0.6 is 11.6 Å². The highest BCUT2D eigenvalue weighted by molar-refractivity contribution is 6.32. The van der Waals surface area contributed by atoms with E-state index in [9.17, 15) is 4.79 Å². The van der Waals surface area contributed by atoms with Crippen molar-refractivity contribution in [3.8, 4) is 11.5 Å². The van der Waals surface area contributed by atoms with Crippen molar-refractivity contribution in [1.29, 1.82) is 0 Å². The van der Waals surface area contributed by atoms with E-state index in [-0.39, 0.29) is 18.7 Å². The van der Waals surface area contributed by atoms with Crippen LogP contribution < -0.4 is 14.8 Å². The minimum Gasteiger partial charge on any atom is -0.454 e. The highest BCUT2D eigenvalue weighted by Gasteiger charge is 2.22. The maximum atomic E-state index is 12.3. The maximum absolute atomic E-state index is 12.3. The largest absolute Gasteiger partial charge is 0.454 e. The fourth-order valence-corrected chi connectivity index (χ4v) is 2.89. The molecule has 0 unspecified atom stereocenters. The molecular formula is C15H19ClN2O4. The SMILES string of the molecule is C[C@H](CN1CCOCC1)NC(=O)c1cc(Cl)c2c(c1)OCO2. The van der Waals surface area contributed by atoms with Gasteiger partial charge in [-0.2, -0.15) is 0 Å². The van der Waals surface area contributed by atoms with Gasteiger partial charge in [-0.05, 0) is 19.1 Å². The van der Waals surface area contributed by atoms with Gasteiger partial charge in [-0.25, -0.2) is 0 Å². The van der Waals surface area contributed by atoms with Crippen LogP contribution in [0.3, 0.4) is 0 Å². The first-order valence-electron chi connectivity index (χ1n) is 7.33. The minimum atomic E-state index is -0.166. The lowest BCUT2D eigenvalue weighted by atomic mass is 10.1. The Morgan fingerprint density at radius 2 is 2.14 bits per heavy atom. The van der Waals surface area contributed by atoms with Gasteiger partial charge in [0.05, 0.1) is 18.2 Å². The number of ether oxygens (including phenoxy) is 3. The van der Waals surface area contributed by atoms with E-state index in [0.29, 0.717) is 22.1 Å². The summed E-state index contributed by atoms with van der Waals surface area (Å²) in [5.41, 5.74) is 0.475. The Hall–Kier alpha value is -1.50. The van der Waals surface area contributed by atoms with Gasteiger partial charge in [-0.3, -0.25) is 9.69 Å². The molecule has 0 aromatic heterocycles. The highest BCUT2D eigenvalue weighted by atomic mass is 35.5. The second kappa shape index (κ2) is 6.73. The van der Waals surface area contributed by atoms with Crippen LogP contribution in [-0.2, 0) is 4.74 Å². The Kier molecular flexibility index (Phi) is 4.71. The Bertz CT molecular complexity index is 561. The predicted octanol–water partition coefficient (Wildman–Crippen LogP) is 1.52. The first-order chi connectivity index (χ1) is 10.6. The van der Waals surface area contributed by atoms with Crippen molar-refractivity contribution in [2.75, 3.05) is 39.6 Å². The van der Waals surface area contributed by atoms with Gasteiger partial charge in [0.1, 0.15) is 0 Å². The number of nitrogens with zero attached hydrogens (tertiary/aromatic N) is 1. The van der Waals surface area contributed by atoms with Gasteiger partial charge in [0.25, 0.3) is 5.91 Å². The van der Waals surface area contributed by atoms with Crippen LogP contribution in [0.2, 0.25) is 5.02 Å². The monoisotopic (exact) mass is 326 g/mol. The summed E-state index contributed by atoms with van der Waals surface area (Å²) in [5, 5.41) is 3.38. The molecule has 0 aliphatic carbocycles. The van der Waals surface area contributed by atoms with Crippen molar-refractivity contribution in [2.24, 2.45) is 0 Å². The Morgan fingerprint density at radius 3 is 2.91 bits per heavy atom. The van der Waals surface area contributed by atoms with Crippen LogP contribution in [0.1, 0.15) is 17.3 Å². The van der Waals surface area contributed by atoms with Crippen LogP contribution in [0.25, 0.3) is 0 Å². The summed E-state index contributed by atoms with van der Waals surface area (Å²) in [7, 11) is 0. The molecule has 1 aromatic carbocycles. The quantitative estimate of drug-likeness (QED) is 0.909. The topological polar surface area (TPSA) is 60.0 Å². The van der Waals surface area contributed by atoms with E-state index in [1.807, 2.05) is 6.92 Å². The smallest absolute Gasteiger partial charge is 0.251 e. The summed E-state index contributed by atoms with van der Waals surface area (Å²) >= 11 is 6.10. The molecule has 2 aliphatic rings. The lowest BCUT2D eigenvalue weighted by Crippen LogP contribution is -2.46. The molecule has 1 saturated heterocycles. The summed E-state index contributed by atoms with van der Waals surface area (Å²) in [5.74, 6) is 0.846. The molecule has 1 N–H and O–H groups in total. The highest BCUT2D eigenvalue weighted by Crippen LogP contribution is 2.39. The third-order valence-electron chi connectivity index (χ3n) is 3.70. The zero-order valence-electron chi connectivity index (χ0n) is 12.4. The van der Waals surface area contributed by atoms with Gasteiger partial charge in [-0.1, -0.05) is 11.6 Å². The van der Waals surface area contributed by atoms with E-state index in [1.165, 1.54) is 0 Å². The first-order valence-corrected chi connectivity index (χ1v) is 7.71. The second-order valence-corrected chi connectivity index (χ2v) is 5.89. The van der Waals surface area contributed by atoms with E-state index in [0.717, 1.165) is 32.8 Å². The number of hydrogen-bond donors (Lipinski definition) is 1. The number of hydrogen-bond acceptors (Lipinski definition) is 5. The summed E-state index contributed by atoms with van der Waals surface area (Å²) < 4.78 is 15.8. The number of fused-ring (bicyclic) bond motifs is 1. The lowest BCUT2D eigenvalue weighted by molar-refractivity contribution is 0.0342. The molecule has 1 amide bonds. The van der Waals surface area contributed by atoms with E-state index >= 15 is 0 Å². The van der Waals surface area contributed by atoms with Gasteiger partial charge >= 0.3 is 0 Å². The van der Waals surface area contributed by atoms with Crippen LogP contribution in [0.5, 0.6) is 11.5 Å². The number of nitrogens with one attached hydrogen (secondary N) is 1. The zero-order valence-corrected chi connectivity index (χ0v) is 13.2. The average Bonchev–Trinajstić information content (AvgIpc) is 2.97. The number of amides is 1. The van der Waals surface area contributed by atoms with Crippen LogP contribution in [0.4, 0.5) is 0 Å². The molecule has 0 radical (unpaired) electrons. The van der Waals surface area contributed by atoms with Crippen LogP contribution in [0, 0.1) is 0 Å². The third-order valence-corrected chi connectivity index (χ3v) is 3.98. The number of benzene rings is 1. The third kappa shape index (κ3) is 3.45. The standard InChI is InChI=1S/C15H19ClN2O4/c1-10(8-18-2-4-20-5-3-18)17-15(19)11-6-12(16)14-13(7-11)21-9-22-14/h6-7,10H,2-5,8-9H2,1H3,(H,17,19)/t10-/m1/s1. The van der Waals surface area contributed by atoms with E-state index < -0.39 is 0 Å². The minimum absolute atomic E-state index is 0.0369. The fourth-order valence-electron chi connectivity index (χ4n) is 2.62. The van der Waals surface area contributed by atoms with Gasteiger partial charge < -0.3 is 19.5 Å². The number of carbonyl (C=O) groups is 1. The molecule has 120 valence electrons. The molecule has 3 rings (SSSR count). The lowest BCUT2D eigenvalue weighted by Gasteiger charge is -2.29. The van der Waals surface area contributed by atoms with Crippen molar-refractivity contribution >= 4 is 17.5 Å². The zero-order chi connectivity index (χ0) is 15.5. The first kappa shape index (κ1) is 15.4. The second-order valence-electron chi connectivity index (χ2n) is 5.48. The summed E-state index contributed by atoms with van der Waals surface area (Å²) in [6, 6.07) is 3.30. The van der Waals surface area contributed by atoms with Crippen molar-refractivity contribution in [1.82, 2.24) is 10.2 Å². The van der Waals surface area contributed by atoms with E-state index in [4.69, 9.17) is 25.8 Å². The average molecular weight is 327 g/mol. The maximum Gasteiger partial charge on any atom is 0.251 e. The molecule has 1 fully saturated rings. The number of rotatable bonds is 4. The summed E-state index contributed by atoms with van der Waals surface area (Å²) in [4.78, 5) is 14.6. The normalized spacial score (nSPS) is 19.0. The molecular weight excluding hydrogens is 308 g/mol. The fraction of sp³-hybridized carbons (Fsp3) is 0.533. The molecule has 0 spiro atoms. The molecule has 6 nitrogen and oxygen atoms in total. The van der Waals surface area contributed by atoms with Crippen molar-refractivity contribution in [3.05, 3.63) is 22.7 Å². The summed E-state index contributed by atoms with van der Waals surface area (Å²) in [6.45, 7) is 6.21. The van der Waals surface area contributed by atoms with Crippen molar-refractivity contribution in [2.45, 2.75) is 13.0 Å². The number of carbonyl (C=O) groups excluding carboxylic acids is 1. The van der Waals surface area contributed by atoms with E-state index in [1.54, 1.807) is 12.1 Å². The van der Waals surface area contributed by atoms with Gasteiger partial charge in [0.15, 0.2) is 11.5 Å². The molecule has 0 bridgehead atoms. The Balaban J connectivity index is 1.60. The molecule has 1 atom stereocenters. The number of halogens is 1. The summed E-state index contributed by atoms with van der Waals surface area (Å²) in [6.07, 6.45) is 0. The van der Waals surface area contributed by atoms with Crippen LogP contribution in [-0.4, -0.2) is 56.5 Å². The van der Waals surface area contributed by atoms with Gasteiger partial charge in [0, 0.05) is 31.2 Å².